The number of nitrogens with zero attached hydrogens (tertiary/aromatic N) is 1. The van der Waals surface area contributed by atoms with Crippen LogP contribution in [0.5, 0.6) is 0 Å². The molecule has 4 nitrogen and oxygen atoms in total. The summed E-state index contributed by atoms with van der Waals surface area (Å²) in [5.41, 5.74) is -0.244. The lowest BCUT2D eigenvalue weighted by molar-refractivity contribution is 0.101. The monoisotopic (exact) mass is 405 g/mol. The van der Waals surface area contributed by atoms with Gasteiger partial charge in [-0.3, -0.25) is 14.4 Å². The van der Waals surface area contributed by atoms with E-state index < -0.39 is 24.7 Å². The average Bonchev–Trinajstić information content (AvgIpc) is 2.63. The van der Waals surface area contributed by atoms with Crippen molar-refractivity contribution in [2.45, 2.75) is 13.5 Å². The van der Waals surface area contributed by atoms with Crippen LogP contribution < -0.4 is 5.43 Å². The molecule has 0 saturated carbocycles. The molecular weight excluding hydrogens is 390 g/mol. The van der Waals surface area contributed by atoms with Gasteiger partial charge in [0, 0.05) is 23.7 Å². The van der Waals surface area contributed by atoms with E-state index in [4.69, 9.17) is 0 Å². The molecule has 0 amide bonds. The molecule has 0 radical (unpaired) electrons. The molecule has 138 valence electrons. The van der Waals surface area contributed by atoms with E-state index >= 15 is 0 Å². The number of hydrogen-bond donors (Lipinski definition) is 0. The van der Waals surface area contributed by atoms with Crippen molar-refractivity contribution in [3.8, 4) is 0 Å². The molecule has 0 bridgehead atoms. The maximum Gasteiger partial charge on any atom is 0.226 e. The Hall–Kier alpha value is -2.29. The highest BCUT2D eigenvalue weighted by Gasteiger charge is 2.21. The Balaban J connectivity index is 2.21. The van der Waals surface area contributed by atoms with Crippen molar-refractivity contribution in [2.24, 2.45) is 0 Å². The van der Waals surface area contributed by atoms with Crippen molar-refractivity contribution in [3.05, 3.63) is 81.4 Å². The van der Waals surface area contributed by atoms with Gasteiger partial charge in [0.15, 0.2) is 13.7 Å². The molecule has 1 aromatic heterocycles. The average molecular weight is 405 g/mol. The Morgan fingerprint density at radius 1 is 1.19 bits per heavy atom. The van der Waals surface area contributed by atoms with Crippen LogP contribution in [0.3, 0.4) is 0 Å². The number of carbonyl (C=O) groups is 2. The summed E-state index contributed by atoms with van der Waals surface area (Å²) < 4.78 is 28.8. The number of ketones is 1. The summed E-state index contributed by atoms with van der Waals surface area (Å²) in [6.07, 6.45) is 1.30. The number of halogens is 2. The highest BCUT2D eigenvalue weighted by atomic mass is 32.0. The van der Waals surface area contributed by atoms with Crippen LogP contribution in [0, 0.1) is 5.82 Å². The Morgan fingerprint density at radius 3 is 2.59 bits per heavy atom. The summed E-state index contributed by atoms with van der Waals surface area (Å²) in [4.78, 5) is 36.3. The van der Waals surface area contributed by atoms with Crippen molar-refractivity contribution < 1.29 is 18.2 Å². The number of carbonyl (C=O) groups excluding carboxylic acids is 2. The van der Waals surface area contributed by atoms with Crippen molar-refractivity contribution in [1.29, 1.82) is 0 Å². The van der Waals surface area contributed by atoms with Crippen LogP contribution in [0.2, 0.25) is 0 Å². The number of pyridine rings is 1. The minimum absolute atomic E-state index is 0.00502. The summed E-state index contributed by atoms with van der Waals surface area (Å²) in [5, 5.41) is 0.00502. The molecule has 3 aromatic rings. The van der Waals surface area contributed by atoms with Gasteiger partial charge in [-0.2, -0.15) is 0 Å². The molecule has 3 rings (SSSR count). The molecule has 27 heavy (non-hydrogen) atoms. The Morgan fingerprint density at radius 2 is 1.93 bits per heavy atom. The molecule has 0 aliphatic rings. The van der Waals surface area contributed by atoms with Gasteiger partial charge in [-0.1, -0.05) is 27.1 Å². The van der Waals surface area contributed by atoms with Gasteiger partial charge in [0.2, 0.25) is 11.0 Å². The van der Waals surface area contributed by atoms with Crippen LogP contribution >= 0.6 is 16.8 Å². The van der Waals surface area contributed by atoms with Gasteiger partial charge in [0.05, 0.1) is 11.1 Å². The predicted molar refractivity (Wildman–Crippen MR) is 106 cm³/mol. The summed E-state index contributed by atoms with van der Waals surface area (Å²) in [6.45, 7) is 1.68. The second kappa shape index (κ2) is 7.75. The lowest BCUT2D eigenvalue weighted by Gasteiger charge is -2.14. The fraction of sp³-hybridized carbons (Fsp3) is 0.105. The Kier molecular flexibility index (Phi) is 5.59. The van der Waals surface area contributed by atoms with Crippen LogP contribution in [0.25, 0.3) is 10.9 Å². The first-order chi connectivity index (χ1) is 12.8. The quantitative estimate of drug-likeness (QED) is 0.457. The summed E-state index contributed by atoms with van der Waals surface area (Å²) in [7, 11) is -0.802. The molecule has 2 atom stereocenters. The van der Waals surface area contributed by atoms with E-state index in [0.717, 1.165) is 11.6 Å². The highest BCUT2D eigenvalue weighted by molar-refractivity contribution is 8.19. The van der Waals surface area contributed by atoms with Gasteiger partial charge in [-0.15, -0.1) is 0 Å². The van der Waals surface area contributed by atoms with Crippen molar-refractivity contribution in [3.63, 3.8) is 0 Å². The summed E-state index contributed by atoms with van der Waals surface area (Å²) >= 11 is 0. The van der Waals surface area contributed by atoms with Gasteiger partial charge in [0.25, 0.3) is 0 Å². The largest absolute Gasteiger partial charge is 0.342 e. The van der Waals surface area contributed by atoms with E-state index in [1.165, 1.54) is 25.3 Å². The zero-order valence-electron chi connectivity index (χ0n) is 14.3. The number of Topliss-reactive ketones (excluding diaryl/α,β-unsaturated/α-hetero) is 1. The van der Waals surface area contributed by atoms with Crippen molar-refractivity contribution in [2.75, 3.05) is 0 Å². The first kappa shape index (κ1) is 19.5. The normalized spacial score (nSPS) is 12.1. The molecule has 0 N–H and O–H groups in total. The van der Waals surface area contributed by atoms with E-state index in [-0.39, 0.29) is 23.3 Å². The van der Waals surface area contributed by atoms with Crippen LogP contribution in [0.1, 0.15) is 33.2 Å². The van der Waals surface area contributed by atoms with E-state index in [1.54, 1.807) is 37.8 Å². The summed E-state index contributed by atoms with van der Waals surface area (Å²) in [6, 6.07) is 10.6. The Labute approximate surface area is 157 Å². The zero-order chi connectivity index (χ0) is 19.7. The van der Waals surface area contributed by atoms with Crippen LogP contribution in [0.4, 0.5) is 8.59 Å². The highest BCUT2D eigenvalue weighted by Crippen LogP contribution is 2.48. The van der Waals surface area contributed by atoms with E-state index in [0.29, 0.717) is 11.1 Å². The lowest BCUT2D eigenvalue weighted by Crippen LogP contribution is -2.18. The number of benzene rings is 2. The first-order valence-corrected chi connectivity index (χ1v) is 10.8. The van der Waals surface area contributed by atoms with E-state index in [2.05, 4.69) is 0 Å². The fourth-order valence-electron chi connectivity index (χ4n) is 2.85. The number of fused-ring (bicyclic) bond motifs is 1. The maximum absolute atomic E-state index is 13.7. The van der Waals surface area contributed by atoms with Gasteiger partial charge < -0.3 is 4.57 Å². The van der Waals surface area contributed by atoms with Gasteiger partial charge in [0.1, 0.15) is 5.82 Å². The molecule has 0 saturated heterocycles. The first-order valence-electron chi connectivity index (χ1n) is 7.95. The Bertz CT molecular complexity index is 1130. The third-order valence-corrected chi connectivity index (χ3v) is 5.49. The van der Waals surface area contributed by atoms with Crippen LogP contribution in [-0.4, -0.2) is 15.9 Å². The van der Waals surface area contributed by atoms with Crippen molar-refractivity contribution in [1.82, 2.24) is 4.57 Å². The molecule has 1 heterocycles. The number of hydrogen-bond acceptors (Lipinski definition) is 3. The molecular formula is C19H15F2NO3P2. The molecule has 8 heteroatoms. The minimum atomic E-state index is -2.58. The van der Waals surface area contributed by atoms with E-state index in [9.17, 15) is 23.0 Å². The summed E-state index contributed by atoms with van der Waals surface area (Å²) in [5.74, 6) is -0.714. The second-order valence-corrected chi connectivity index (χ2v) is 8.42. The standard InChI is InChI=1S/C19H15F2NO3P2/c1-11(23)13-4-2-3-12(7-13)9-22-10-16(19(25)27(21)26)18(24)15-8-14(20)5-6-17(15)22/h2-8,10H,9,26H2,1H3. The van der Waals surface area contributed by atoms with Crippen LogP contribution in [0.15, 0.2) is 53.5 Å². The zero-order valence-corrected chi connectivity index (χ0v) is 16.3. The van der Waals surface area contributed by atoms with Crippen molar-refractivity contribution >= 4 is 39.1 Å². The van der Waals surface area contributed by atoms with Gasteiger partial charge in [-0.25, -0.2) is 8.59 Å². The van der Waals surface area contributed by atoms with Gasteiger partial charge in [-0.05, 0) is 36.8 Å². The third-order valence-electron chi connectivity index (χ3n) is 4.15. The minimum Gasteiger partial charge on any atom is -0.342 e. The topological polar surface area (TPSA) is 56.1 Å². The third kappa shape index (κ3) is 4.02. The lowest BCUT2D eigenvalue weighted by atomic mass is 10.1. The maximum atomic E-state index is 13.7. The SMILES string of the molecule is CC(=O)c1cccc(Cn2cc(C(=O)P(F)P)c(=O)c3cc(F)ccc32)c1. The molecule has 2 aromatic carbocycles. The molecule has 0 aliphatic carbocycles. The van der Waals surface area contributed by atoms with Gasteiger partial charge >= 0.3 is 0 Å². The fourth-order valence-corrected chi connectivity index (χ4v) is 3.66. The van der Waals surface area contributed by atoms with E-state index in [1.807, 2.05) is 0 Å². The second-order valence-electron chi connectivity index (χ2n) is 6.03. The molecule has 0 spiro atoms. The predicted octanol–water partition coefficient (Wildman–Crippen LogP) is 4.69. The smallest absolute Gasteiger partial charge is 0.226 e. The molecule has 0 fully saturated rings. The number of aromatic nitrogens is 1. The number of rotatable bonds is 5. The molecule has 0 aliphatic heterocycles. The molecule has 2 unspecified atom stereocenters. The van der Waals surface area contributed by atoms with Crippen LogP contribution in [-0.2, 0) is 6.54 Å².